The SMILES string of the molecule is CCCCSN1CCN(C(=O)c2ccc3c(c2)C(=O)c2ccccc2C3=O)CC1. The Kier molecular flexibility index (Phi) is 5.83. The lowest BCUT2D eigenvalue weighted by Gasteiger charge is -2.34. The molecule has 2 aromatic carbocycles. The maximum Gasteiger partial charge on any atom is 0.253 e. The van der Waals surface area contributed by atoms with Crippen LogP contribution in [0, 0.1) is 0 Å². The number of fused-ring (bicyclic) bond motifs is 2. The van der Waals surface area contributed by atoms with Gasteiger partial charge in [0.25, 0.3) is 5.91 Å². The van der Waals surface area contributed by atoms with Crippen molar-refractivity contribution < 1.29 is 14.4 Å². The van der Waals surface area contributed by atoms with Crippen LogP contribution in [0.4, 0.5) is 0 Å². The van der Waals surface area contributed by atoms with Gasteiger partial charge in [-0.2, -0.15) is 0 Å². The second kappa shape index (κ2) is 8.51. The summed E-state index contributed by atoms with van der Waals surface area (Å²) in [5, 5.41) is 0. The first-order valence-electron chi connectivity index (χ1n) is 10.1. The summed E-state index contributed by atoms with van der Waals surface area (Å²) in [6, 6.07) is 11.7. The summed E-state index contributed by atoms with van der Waals surface area (Å²) in [5.74, 6) is 0.686. The molecule has 1 saturated heterocycles. The van der Waals surface area contributed by atoms with Crippen LogP contribution < -0.4 is 0 Å². The molecule has 0 unspecified atom stereocenters. The predicted molar refractivity (Wildman–Crippen MR) is 115 cm³/mol. The van der Waals surface area contributed by atoms with E-state index in [2.05, 4.69) is 11.2 Å². The quantitative estimate of drug-likeness (QED) is 0.476. The van der Waals surface area contributed by atoms with Gasteiger partial charge in [0, 0.05) is 59.7 Å². The number of carbonyl (C=O) groups is 3. The molecule has 6 heteroatoms. The molecule has 1 aliphatic heterocycles. The molecule has 5 nitrogen and oxygen atoms in total. The Morgan fingerprint density at radius 2 is 1.52 bits per heavy atom. The summed E-state index contributed by atoms with van der Waals surface area (Å²) in [4.78, 5) is 40.4. The van der Waals surface area contributed by atoms with Gasteiger partial charge in [0.1, 0.15) is 0 Å². The van der Waals surface area contributed by atoms with E-state index in [1.807, 2.05) is 16.8 Å². The summed E-state index contributed by atoms with van der Waals surface area (Å²) < 4.78 is 2.32. The molecule has 1 fully saturated rings. The van der Waals surface area contributed by atoms with Crippen LogP contribution in [-0.2, 0) is 0 Å². The Morgan fingerprint density at radius 1 is 0.897 bits per heavy atom. The second-order valence-corrected chi connectivity index (χ2v) is 8.56. The second-order valence-electron chi connectivity index (χ2n) is 7.37. The van der Waals surface area contributed by atoms with Crippen LogP contribution in [0.25, 0.3) is 0 Å². The number of benzene rings is 2. The average Bonchev–Trinajstić information content (AvgIpc) is 2.77. The molecular formula is C23H24N2O3S. The average molecular weight is 409 g/mol. The van der Waals surface area contributed by atoms with E-state index in [9.17, 15) is 14.4 Å². The molecule has 0 spiro atoms. The molecule has 0 atom stereocenters. The zero-order chi connectivity index (χ0) is 20.4. The lowest BCUT2D eigenvalue weighted by atomic mass is 9.83. The Hall–Kier alpha value is -2.44. The van der Waals surface area contributed by atoms with Crippen LogP contribution in [0.15, 0.2) is 42.5 Å². The molecule has 4 rings (SSSR count). The van der Waals surface area contributed by atoms with Gasteiger partial charge < -0.3 is 4.90 Å². The van der Waals surface area contributed by atoms with E-state index in [0.717, 1.165) is 18.8 Å². The minimum atomic E-state index is -0.193. The van der Waals surface area contributed by atoms with Crippen LogP contribution in [0.5, 0.6) is 0 Å². The number of amides is 1. The van der Waals surface area contributed by atoms with Gasteiger partial charge in [-0.25, -0.2) is 4.31 Å². The molecule has 0 saturated carbocycles. The zero-order valence-corrected chi connectivity index (χ0v) is 17.3. The summed E-state index contributed by atoms with van der Waals surface area (Å²) in [5.41, 5.74) is 2.01. The highest BCUT2D eigenvalue weighted by Crippen LogP contribution is 2.28. The third-order valence-electron chi connectivity index (χ3n) is 5.47. The zero-order valence-electron chi connectivity index (χ0n) is 16.5. The van der Waals surface area contributed by atoms with E-state index >= 15 is 0 Å². The first-order chi connectivity index (χ1) is 14.1. The highest BCUT2D eigenvalue weighted by atomic mass is 32.2. The van der Waals surface area contributed by atoms with E-state index in [0.29, 0.717) is 40.9 Å². The van der Waals surface area contributed by atoms with Crippen molar-refractivity contribution in [1.82, 2.24) is 9.21 Å². The number of hydrogen-bond donors (Lipinski definition) is 0. The number of piperazine rings is 1. The summed E-state index contributed by atoms with van der Waals surface area (Å²) in [6.07, 6.45) is 2.39. The van der Waals surface area contributed by atoms with Crippen LogP contribution in [0.1, 0.15) is 62.0 Å². The summed E-state index contributed by atoms with van der Waals surface area (Å²) in [6.45, 7) is 5.22. The highest BCUT2D eigenvalue weighted by Gasteiger charge is 2.31. The maximum absolute atomic E-state index is 13.0. The normalized spacial score (nSPS) is 16.5. The Balaban J connectivity index is 1.49. The van der Waals surface area contributed by atoms with Crippen LogP contribution in [-0.4, -0.2) is 58.6 Å². The van der Waals surface area contributed by atoms with Gasteiger partial charge in [0.2, 0.25) is 0 Å². The third kappa shape index (κ3) is 3.87. The number of ketones is 2. The van der Waals surface area contributed by atoms with Gasteiger partial charge in [-0.05, 0) is 24.6 Å². The van der Waals surface area contributed by atoms with Crippen molar-refractivity contribution in [3.05, 3.63) is 70.3 Å². The van der Waals surface area contributed by atoms with Crippen molar-refractivity contribution in [2.75, 3.05) is 31.9 Å². The van der Waals surface area contributed by atoms with E-state index in [-0.39, 0.29) is 17.5 Å². The Morgan fingerprint density at radius 3 is 2.17 bits per heavy atom. The minimum Gasteiger partial charge on any atom is -0.336 e. The molecule has 0 radical (unpaired) electrons. The van der Waals surface area contributed by atoms with Crippen molar-refractivity contribution in [3.63, 3.8) is 0 Å². The highest BCUT2D eigenvalue weighted by molar-refractivity contribution is 7.97. The molecule has 0 N–H and O–H groups in total. The molecule has 2 aliphatic rings. The van der Waals surface area contributed by atoms with Crippen molar-refractivity contribution >= 4 is 29.4 Å². The molecule has 150 valence electrons. The monoisotopic (exact) mass is 408 g/mol. The molecule has 29 heavy (non-hydrogen) atoms. The summed E-state index contributed by atoms with van der Waals surface area (Å²) >= 11 is 1.86. The molecule has 2 aromatic rings. The number of carbonyl (C=O) groups excluding carboxylic acids is 3. The van der Waals surface area contributed by atoms with Gasteiger partial charge in [0.15, 0.2) is 11.6 Å². The molecule has 0 bridgehead atoms. The van der Waals surface area contributed by atoms with Gasteiger partial charge in [0.05, 0.1) is 0 Å². The van der Waals surface area contributed by atoms with Crippen molar-refractivity contribution in [2.45, 2.75) is 19.8 Å². The predicted octanol–water partition coefficient (Wildman–Crippen LogP) is 3.67. The fourth-order valence-corrected chi connectivity index (χ4v) is 4.87. The number of hydrogen-bond acceptors (Lipinski definition) is 5. The van der Waals surface area contributed by atoms with E-state index in [4.69, 9.17) is 0 Å². The van der Waals surface area contributed by atoms with Gasteiger partial charge in [-0.1, -0.05) is 49.6 Å². The van der Waals surface area contributed by atoms with Crippen LogP contribution >= 0.6 is 11.9 Å². The van der Waals surface area contributed by atoms with Crippen molar-refractivity contribution in [1.29, 1.82) is 0 Å². The van der Waals surface area contributed by atoms with E-state index in [1.54, 1.807) is 42.5 Å². The van der Waals surface area contributed by atoms with E-state index in [1.165, 1.54) is 12.8 Å². The number of nitrogens with zero attached hydrogens (tertiary/aromatic N) is 2. The maximum atomic E-state index is 13.0. The molecule has 1 heterocycles. The molecule has 0 aromatic heterocycles. The summed E-state index contributed by atoms with van der Waals surface area (Å²) in [7, 11) is 0. The standard InChI is InChI=1S/C23H24N2O3S/c1-2-3-14-29-25-12-10-24(11-13-25)23(28)16-8-9-19-20(15-16)22(27)18-7-5-4-6-17(18)21(19)26/h4-9,15H,2-3,10-14H2,1H3. The number of rotatable bonds is 5. The Bertz CT molecular complexity index is 964. The van der Waals surface area contributed by atoms with Crippen molar-refractivity contribution in [3.8, 4) is 0 Å². The fourth-order valence-electron chi connectivity index (χ4n) is 3.77. The topological polar surface area (TPSA) is 57.7 Å². The van der Waals surface area contributed by atoms with Crippen molar-refractivity contribution in [2.24, 2.45) is 0 Å². The largest absolute Gasteiger partial charge is 0.336 e. The van der Waals surface area contributed by atoms with Crippen LogP contribution in [0.3, 0.4) is 0 Å². The van der Waals surface area contributed by atoms with Gasteiger partial charge in [-0.3, -0.25) is 14.4 Å². The molecular weight excluding hydrogens is 384 g/mol. The fraction of sp³-hybridized carbons (Fsp3) is 0.348. The van der Waals surface area contributed by atoms with Gasteiger partial charge >= 0.3 is 0 Å². The van der Waals surface area contributed by atoms with Crippen LogP contribution in [0.2, 0.25) is 0 Å². The third-order valence-corrected chi connectivity index (χ3v) is 6.67. The molecule has 1 aliphatic carbocycles. The molecule has 1 amide bonds. The Labute approximate surface area is 175 Å². The first kappa shape index (κ1) is 19.9. The van der Waals surface area contributed by atoms with Gasteiger partial charge in [-0.15, -0.1) is 0 Å². The lowest BCUT2D eigenvalue weighted by Crippen LogP contribution is -2.46. The van der Waals surface area contributed by atoms with E-state index < -0.39 is 0 Å². The smallest absolute Gasteiger partial charge is 0.253 e. The lowest BCUT2D eigenvalue weighted by molar-refractivity contribution is 0.0703. The first-order valence-corrected chi connectivity index (χ1v) is 11.0. The number of unbranched alkanes of at least 4 members (excludes halogenated alkanes) is 1. The minimum absolute atomic E-state index is 0.0786.